The number of fused-ring (bicyclic) bond motifs is 1. The third-order valence-corrected chi connectivity index (χ3v) is 3.94. The molecule has 1 aromatic heterocycles. The normalized spacial score (nSPS) is 13.9. The van der Waals surface area contributed by atoms with Crippen LogP contribution in [0.25, 0.3) is 10.8 Å². The molecule has 0 spiro atoms. The molecule has 5 nitrogen and oxygen atoms in total. The summed E-state index contributed by atoms with van der Waals surface area (Å²) in [5.74, 6) is 0.211. The van der Waals surface area contributed by atoms with E-state index in [1.807, 2.05) is 19.1 Å². The molecule has 2 unspecified atom stereocenters. The molecule has 5 heteroatoms. The Labute approximate surface area is 124 Å². The lowest BCUT2D eigenvalue weighted by Crippen LogP contribution is -2.40. The monoisotopic (exact) mass is 287 g/mol. The van der Waals surface area contributed by atoms with Crippen molar-refractivity contribution in [1.29, 1.82) is 0 Å². The fourth-order valence-corrected chi connectivity index (χ4v) is 2.17. The van der Waals surface area contributed by atoms with Crippen LogP contribution in [0.1, 0.15) is 27.2 Å². The first kappa shape index (κ1) is 15.2. The number of carbonyl (C=O) groups excluding carboxylic acids is 1. The van der Waals surface area contributed by atoms with Gasteiger partial charge in [-0.2, -0.15) is 5.10 Å². The van der Waals surface area contributed by atoms with E-state index in [0.29, 0.717) is 11.3 Å². The Hall–Kier alpha value is -2.17. The van der Waals surface area contributed by atoms with E-state index in [-0.39, 0.29) is 24.1 Å². The molecule has 1 N–H and O–H groups in total. The van der Waals surface area contributed by atoms with Crippen molar-refractivity contribution < 1.29 is 4.79 Å². The fraction of sp³-hybridized carbons (Fsp3) is 0.438. The molecule has 2 rings (SSSR count). The van der Waals surface area contributed by atoms with Crippen LogP contribution in [-0.4, -0.2) is 21.7 Å². The van der Waals surface area contributed by atoms with Gasteiger partial charge in [-0.05, 0) is 18.9 Å². The van der Waals surface area contributed by atoms with Crippen LogP contribution in [0.15, 0.2) is 35.3 Å². The summed E-state index contributed by atoms with van der Waals surface area (Å²) in [4.78, 5) is 24.3. The largest absolute Gasteiger partial charge is 0.352 e. The molecule has 2 atom stereocenters. The maximum absolute atomic E-state index is 12.3. The molecule has 0 radical (unpaired) electrons. The Kier molecular flexibility index (Phi) is 4.73. The summed E-state index contributed by atoms with van der Waals surface area (Å²) in [7, 11) is 0. The van der Waals surface area contributed by atoms with Crippen LogP contribution in [0.2, 0.25) is 0 Å². The second kappa shape index (κ2) is 6.52. The summed E-state index contributed by atoms with van der Waals surface area (Å²) in [5.41, 5.74) is -0.237. The molecule has 1 heterocycles. The molecule has 0 bridgehead atoms. The predicted octanol–water partition coefficient (Wildman–Crippen LogP) is 1.95. The van der Waals surface area contributed by atoms with Crippen molar-refractivity contribution in [2.75, 3.05) is 0 Å². The van der Waals surface area contributed by atoms with Gasteiger partial charge in [0.05, 0.1) is 11.6 Å². The van der Waals surface area contributed by atoms with E-state index in [9.17, 15) is 9.59 Å². The van der Waals surface area contributed by atoms with Crippen LogP contribution in [0.3, 0.4) is 0 Å². The molecule has 0 aliphatic heterocycles. The third-order valence-electron chi connectivity index (χ3n) is 3.94. The zero-order valence-electron chi connectivity index (χ0n) is 12.7. The number of amides is 1. The highest BCUT2D eigenvalue weighted by Gasteiger charge is 2.14. The van der Waals surface area contributed by atoms with Crippen LogP contribution in [0, 0.1) is 5.92 Å². The quantitative estimate of drug-likeness (QED) is 0.914. The van der Waals surface area contributed by atoms with Gasteiger partial charge in [-0.1, -0.05) is 38.5 Å². The number of nitrogens with zero attached hydrogens (tertiary/aromatic N) is 2. The minimum Gasteiger partial charge on any atom is -0.352 e. The number of hydrogen-bond donors (Lipinski definition) is 1. The van der Waals surface area contributed by atoms with Gasteiger partial charge in [0.25, 0.3) is 5.56 Å². The Balaban J connectivity index is 2.15. The number of benzene rings is 1. The summed E-state index contributed by atoms with van der Waals surface area (Å²) in [5, 5.41) is 8.34. The number of nitrogens with one attached hydrogen (secondary N) is 1. The lowest BCUT2D eigenvalue weighted by molar-refractivity contribution is -0.122. The second-order valence-electron chi connectivity index (χ2n) is 5.44. The van der Waals surface area contributed by atoms with E-state index < -0.39 is 0 Å². The molecule has 0 saturated carbocycles. The Morgan fingerprint density at radius 2 is 2.05 bits per heavy atom. The average Bonchev–Trinajstić information content (AvgIpc) is 2.49. The van der Waals surface area contributed by atoms with Crippen molar-refractivity contribution in [3.63, 3.8) is 0 Å². The Bertz CT molecular complexity index is 693. The van der Waals surface area contributed by atoms with Gasteiger partial charge in [-0.25, -0.2) is 4.68 Å². The number of hydrogen-bond acceptors (Lipinski definition) is 3. The lowest BCUT2D eigenvalue weighted by Gasteiger charge is -2.19. The summed E-state index contributed by atoms with van der Waals surface area (Å²) < 4.78 is 1.21. The van der Waals surface area contributed by atoms with E-state index in [1.54, 1.807) is 18.3 Å². The minimum absolute atomic E-state index is 0.0511. The first-order valence-corrected chi connectivity index (χ1v) is 7.27. The standard InChI is InChI=1S/C16H21N3O2/c1-4-11(2)12(3)18-15(20)10-19-16(21)14-8-6-5-7-13(14)9-17-19/h5-9,11-12H,4,10H2,1-3H3,(H,18,20). The molecule has 1 amide bonds. The van der Waals surface area contributed by atoms with Gasteiger partial charge in [-0.15, -0.1) is 0 Å². The zero-order chi connectivity index (χ0) is 15.4. The number of aromatic nitrogens is 2. The highest BCUT2D eigenvalue weighted by atomic mass is 16.2. The molecule has 112 valence electrons. The Morgan fingerprint density at radius 3 is 2.76 bits per heavy atom. The van der Waals surface area contributed by atoms with E-state index in [1.165, 1.54) is 4.68 Å². The smallest absolute Gasteiger partial charge is 0.275 e. The summed E-state index contributed by atoms with van der Waals surface area (Å²) in [6, 6.07) is 7.32. The van der Waals surface area contributed by atoms with Crippen LogP contribution in [-0.2, 0) is 11.3 Å². The summed E-state index contributed by atoms with van der Waals surface area (Å²) in [6.45, 7) is 6.10. The van der Waals surface area contributed by atoms with E-state index >= 15 is 0 Å². The molecule has 2 aromatic rings. The van der Waals surface area contributed by atoms with Crippen LogP contribution in [0.5, 0.6) is 0 Å². The molecule has 0 aliphatic carbocycles. The number of rotatable bonds is 5. The summed E-state index contributed by atoms with van der Waals surface area (Å²) in [6.07, 6.45) is 2.61. The van der Waals surface area contributed by atoms with Crippen LogP contribution < -0.4 is 10.9 Å². The van der Waals surface area contributed by atoms with Crippen molar-refractivity contribution in [2.45, 2.75) is 39.8 Å². The summed E-state index contributed by atoms with van der Waals surface area (Å²) >= 11 is 0. The molecule has 1 aromatic carbocycles. The first-order valence-electron chi connectivity index (χ1n) is 7.27. The van der Waals surface area contributed by atoms with Gasteiger partial charge in [0.2, 0.25) is 5.91 Å². The van der Waals surface area contributed by atoms with Crippen LogP contribution >= 0.6 is 0 Å². The van der Waals surface area contributed by atoms with Crippen molar-refractivity contribution in [3.05, 3.63) is 40.8 Å². The van der Waals surface area contributed by atoms with E-state index in [0.717, 1.165) is 11.8 Å². The van der Waals surface area contributed by atoms with Gasteiger partial charge in [0.1, 0.15) is 6.54 Å². The molecular weight excluding hydrogens is 266 g/mol. The van der Waals surface area contributed by atoms with Gasteiger partial charge >= 0.3 is 0 Å². The van der Waals surface area contributed by atoms with E-state index in [2.05, 4.69) is 24.3 Å². The SMILES string of the molecule is CCC(C)C(C)NC(=O)Cn1ncc2ccccc2c1=O. The van der Waals surface area contributed by atoms with Gasteiger partial charge in [0.15, 0.2) is 0 Å². The molecule has 21 heavy (non-hydrogen) atoms. The number of carbonyl (C=O) groups is 1. The molecule has 0 saturated heterocycles. The minimum atomic E-state index is -0.237. The highest BCUT2D eigenvalue weighted by molar-refractivity contribution is 5.81. The third kappa shape index (κ3) is 3.48. The molecule has 0 aliphatic rings. The molecule has 0 fully saturated rings. The van der Waals surface area contributed by atoms with Crippen molar-refractivity contribution in [3.8, 4) is 0 Å². The zero-order valence-corrected chi connectivity index (χ0v) is 12.7. The van der Waals surface area contributed by atoms with Crippen LogP contribution in [0.4, 0.5) is 0 Å². The highest BCUT2D eigenvalue weighted by Crippen LogP contribution is 2.07. The second-order valence-corrected chi connectivity index (χ2v) is 5.44. The topological polar surface area (TPSA) is 64.0 Å². The van der Waals surface area contributed by atoms with Gasteiger partial charge in [-0.3, -0.25) is 9.59 Å². The van der Waals surface area contributed by atoms with Gasteiger partial charge in [0, 0.05) is 11.4 Å². The Morgan fingerprint density at radius 1 is 1.33 bits per heavy atom. The maximum Gasteiger partial charge on any atom is 0.275 e. The fourth-order valence-electron chi connectivity index (χ4n) is 2.17. The first-order chi connectivity index (χ1) is 10.0. The van der Waals surface area contributed by atoms with Crippen molar-refractivity contribution in [2.24, 2.45) is 5.92 Å². The van der Waals surface area contributed by atoms with Gasteiger partial charge < -0.3 is 5.32 Å². The molecular formula is C16H21N3O2. The predicted molar refractivity (Wildman–Crippen MR) is 83.1 cm³/mol. The van der Waals surface area contributed by atoms with E-state index in [4.69, 9.17) is 0 Å². The maximum atomic E-state index is 12.3. The van der Waals surface area contributed by atoms with Crippen molar-refractivity contribution in [1.82, 2.24) is 15.1 Å². The average molecular weight is 287 g/mol. The lowest BCUT2D eigenvalue weighted by atomic mass is 10.0. The van der Waals surface area contributed by atoms with Crippen molar-refractivity contribution >= 4 is 16.7 Å².